The molecule has 2 fully saturated rings. The second-order valence-corrected chi connectivity index (χ2v) is 8.52. The Morgan fingerprint density at radius 3 is 2.93 bits per heavy atom. The summed E-state index contributed by atoms with van der Waals surface area (Å²) in [7, 11) is 0. The van der Waals surface area contributed by atoms with Crippen LogP contribution in [0.2, 0.25) is 0 Å². The summed E-state index contributed by atoms with van der Waals surface area (Å²) in [5, 5.41) is 13.7. The van der Waals surface area contributed by atoms with Crippen LogP contribution in [0.1, 0.15) is 17.7 Å². The number of fused-ring (bicyclic) bond motifs is 2. The van der Waals surface area contributed by atoms with Gasteiger partial charge < -0.3 is 10.4 Å². The van der Waals surface area contributed by atoms with Crippen LogP contribution >= 0.6 is 0 Å². The largest absolute Gasteiger partial charge is 0.504 e. The average molecular weight is 390 g/mol. The fourth-order valence-corrected chi connectivity index (χ4v) is 5.12. The monoisotopic (exact) mass is 390 g/mol. The molecule has 1 aromatic carbocycles. The lowest BCUT2D eigenvalue weighted by molar-refractivity contribution is 0.236. The molecule has 2 saturated heterocycles. The van der Waals surface area contributed by atoms with E-state index in [9.17, 15) is 9.90 Å². The summed E-state index contributed by atoms with van der Waals surface area (Å²) >= 11 is 0. The van der Waals surface area contributed by atoms with Crippen LogP contribution in [0.4, 0.5) is 0 Å². The van der Waals surface area contributed by atoms with E-state index in [2.05, 4.69) is 45.5 Å². The van der Waals surface area contributed by atoms with Gasteiger partial charge in [-0.25, -0.2) is 4.98 Å². The first-order valence-electron chi connectivity index (χ1n) is 10.3. The molecule has 0 radical (unpaired) electrons. The van der Waals surface area contributed by atoms with Crippen molar-refractivity contribution in [1.82, 2.24) is 19.6 Å². The zero-order valence-electron chi connectivity index (χ0n) is 16.4. The molecular formula is C23H26N4O2. The summed E-state index contributed by atoms with van der Waals surface area (Å²) in [6, 6.07) is 15.5. The molecule has 6 heteroatoms. The van der Waals surface area contributed by atoms with E-state index in [1.54, 1.807) is 24.4 Å². The van der Waals surface area contributed by atoms with Crippen LogP contribution in [-0.2, 0) is 13.0 Å². The number of likely N-dealkylation sites (tertiary alicyclic amines) is 1. The van der Waals surface area contributed by atoms with Gasteiger partial charge >= 0.3 is 0 Å². The van der Waals surface area contributed by atoms with Crippen molar-refractivity contribution in [2.45, 2.75) is 19.4 Å². The van der Waals surface area contributed by atoms with Crippen molar-refractivity contribution in [3.8, 4) is 5.75 Å². The normalized spacial score (nSPS) is 24.2. The molecule has 0 saturated carbocycles. The number of pyridine rings is 1. The van der Waals surface area contributed by atoms with Crippen molar-refractivity contribution < 1.29 is 5.11 Å². The van der Waals surface area contributed by atoms with Crippen molar-refractivity contribution in [2.75, 3.05) is 26.2 Å². The summed E-state index contributed by atoms with van der Waals surface area (Å²) < 4.78 is 1.39. The molecule has 2 aliphatic rings. The van der Waals surface area contributed by atoms with E-state index >= 15 is 0 Å². The maximum atomic E-state index is 12.4. The van der Waals surface area contributed by atoms with Crippen LogP contribution in [0.3, 0.4) is 0 Å². The van der Waals surface area contributed by atoms with Crippen molar-refractivity contribution in [3.05, 3.63) is 76.3 Å². The molecule has 4 heterocycles. The fraction of sp³-hybridized carbons (Fsp3) is 0.391. The van der Waals surface area contributed by atoms with Gasteiger partial charge in [-0.2, -0.15) is 0 Å². The molecule has 2 atom stereocenters. The van der Waals surface area contributed by atoms with Gasteiger partial charge in [0.15, 0.2) is 11.4 Å². The Bertz CT molecular complexity index is 1080. The Labute approximate surface area is 169 Å². The number of aromatic hydroxyl groups is 1. The number of hydrogen-bond acceptors (Lipinski definition) is 5. The molecule has 5 rings (SSSR count). The first-order chi connectivity index (χ1) is 14.1. The van der Waals surface area contributed by atoms with Gasteiger partial charge in [0.05, 0.1) is 5.69 Å². The first-order valence-corrected chi connectivity index (χ1v) is 10.3. The SMILES string of the molecule is O=c1cc(CN2CC3CNCC3(CCc3ccccc3)C2)nc2c(O)cccn12. The molecule has 0 bridgehead atoms. The minimum absolute atomic E-state index is 0.0354. The molecule has 0 aliphatic carbocycles. The summed E-state index contributed by atoms with van der Waals surface area (Å²) in [6.07, 6.45) is 3.90. The van der Waals surface area contributed by atoms with E-state index in [4.69, 9.17) is 0 Å². The van der Waals surface area contributed by atoms with E-state index < -0.39 is 0 Å². The number of hydrogen-bond donors (Lipinski definition) is 2. The van der Waals surface area contributed by atoms with Gasteiger partial charge in [0.25, 0.3) is 5.56 Å². The van der Waals surface area contributed by atoms with Crippen molar-refractivity contribution in [2.24, 2.45) is 11.3 Å². The summed E-state index contributed by atoms with van der Waals surface area (Å²) in [6.45, 7) is 4.78. The quantitative estimate of drug-likeness (QED) is 0.698. The predicted molar refractivity (Wildman–Crippen MR) is 112 cm³/mol. The molecule has 2 aliphatic heterocycles. The van der Waals surface area contributed by atoms with Crippen LogP contribution in [0.25, 0.3) is 5.65 Å². The van der Waals surface area contributed by atoms with Gasteiger partial charge in [-0.1, -0.05) is 30.3 Å². The number of aryl methyl sites for hydroxylation is 1. The minimum Gasteiger partial charge on any atom is -0.504 e. The first kappa shape index (κ1) is 18.3. The second-order valence-electron chi connectivity index (χ2n) is 8.52. The molecule has 2 unspecified atom stereocenters. The lowest BCUT2D eigenvalue weighted by Crippen LogP contribution is -2.33. The summed E-state index contributed by atoms with van der Waals surface area (Å²) in [5.41, 5.74) is 2.58. The number of benzene rings is 1. The van der Waals surface area contributed by atoms with Crippen LogP contribution in [0.15, 0.2) is 59.5 Å². The highest BCUT2D eigenvalue weighted by Gasteiger charge is 2.48. The van der Waals surface area contributed by atoms with Gasteiger partial charge in [-0.15, -0.1) is 0 Å². The Hall–Kier alpha value is -2.70. The molecule has 0 spiro atoms. The maximum absolute atomic E-state index is 12.4. The van der Waals surface area contributed by atoms with E-state index in [-0.39, 0.29) is 16.7 Å². The highest BCUT2D eigenvalue weighted by atomic mass is 16.3. The van der Waals surface area contributed by atoms with Crippen LogP contribution in [0, 0.1) is 11.3 Å². The second kappa shape index (κ2) is 7.28. The Morgan fingerprint density at radius 2 is 2.07 bits per heavy atom. The van der Waals surface area contributed by atoms with Crippen molar-refractivity contribution >= 4 is 5.65 Å². The molecule has 6 nitrogen and oxygen atoms in total. The molecule has 0 amide bonds. The predicted octanol–water partition coefficient (Wildman–Crippen LogP) is 2.05. The zero-order chi connectivity index (χ0) is 19.8. The summed E-state index contributed by atoms with van der Waals surface area (Å²) in [5.74, 6) is 0.662. The lowest BCUT2D eigenvalue weighted by atomic mass is 9.76. The van der Waals surface area contributed by atoms with Gasteiger partial charge in [0.1, 0.15) is 0 Å². The Morgan fingerprint density at radius 1 is 1.21 bits per heavy atom. The minimum atomic E-state index is -0.152. The molecule has 3 aromatic rings. The van der Waals surface area contributed by atoms with E-state index in [1.807, 2.05) is 0 Å². The molecule has 2 aromatic heterocycles. The van der Waals surface area contributed by atoms with E-state index in [0.29, 0.717) is 18.1 Å². The maximum Gasteiger partial charge on any atom is 0.258 e. The smallest absolute Gasteiger partial charge is 0.258 e. The van der Waals surface area contributed by atoms with E-state index in [1.165, 1.54) is 16.4 Å². The van der Waals surface area contributed by atoms with Crippen molar-refractivity contribution in [3.63, 3.8) is 0 Å². The van der Waals surface area contributed by atoms with Gasteiger partial charge in [0.2, 0.25) is 0 Å². The van der Waals surface area contributed by atoms with Crippen molar-refractivity contribution in [1.29, 1.82) is 0 Å². The number of aromatic nitrogens is 2. The number of nitrogens with one attached hydrogen (secondary N) is 1. The van der Waals surface area contributed by atoms with E-state index in [0.717, 1.165) is 38.3 Å². The molecule has 2 N–H and O–H groups in total. The average Bonchev–Trinajstić information content (AvgIpc) is 3.25. The van der Waals surface area contributed by atoms with Crippen LogP contribution in [-0.4, -0.2) is 45.6 Å². The molecular weight excluding hydrogens is 364 g/mol. The third-order valence-corrected chi connectivity index (χ3v) is 6.61. The highest BCUT2D eigenvalue weighted by Crippen LogP contribution is 2.43. The van der Waals surface area contributed by atoms with Crippen LogP contribution in [0.5, 0.6) is 5.75 Å². The number of nitrogens with zero attached hydrogens (tertiary/aromatic N) is 3. The third-order valence-electron chi connectivity index (χ3n) is 6.61. The highest BCUT2D eigenvalue weighted by molar-refractivity contribution is 5.52. The molecule has 150 valence electrons. The van der Waals surface area contributed by atoms with Gasteiger partial charge in [-0.05, 0) is 43.0 Å². The zero-order valence-corrected chi connectivity index (χ0v) is 16.4. The topological polar surface area (TPSA) is 69.9 Å². The third kappa shape index (κ3) is 3.43. The van der Waals surface area contributed by atoms with Gasteiger partial charge in [-0.3, -0.25) is 14.1 Å². The number of rotatable bonds is 5. The lowest BCUT2D eigenvalue weighted by Gasteiger charge is -2.28. The standard InChI is InChI=1S/C23H26N4O2/c28-20-7-4-10-27-21(29)11-19(25-22(20)27)14-26-13-18-12-24-15-23(18,16-26)9-8-17-5-2-1-3-6-17/h1-7,10-11,18,24,28H,8-9,12-16H2. The Kier molecular flexibility index (Phi) is 4.60. The van der Waals surface area contributed by atoms with Gasteiger partial charge in [0, 0.05) is 43.9 Å². The fourth-order valence-electron chi connectivity index (χ4n) is 5.12. The molecule has 29 heavy (non-hydrogen) atoms. The Balaban J connectivity index is 1.34. The summed E-state index contributed by atoms with van der Waals surface area (Å²) in [4.78, 5) is 19.4. The van der Waals surface area contributed by atoms with Crippen LogP contribution < -0.4 is 10.9 Å².